The van der Waals surface area contributed by atoms with Crippen LogP contribution < -0.4 is 14.4 Å². The number of carbonyl (C=O) groups is 2. The molecule has 1 unspecified atom stereocenters. The highest BCUT2D eigenvalue weighted by atomic mass is 32.2. The Morgan fingerprint density at radius 1 is 0.976 bits per heavy atom. The number of ether oxygens (including phenoxy) is 1. The number of nitrogens with zero attached hydrogens (tertiary/aromatic N) is 3. The molecule has 0 aromatic heterocycles. The minimum Gasteiger partial charge on any atom is -0.497 e. The SMILES string of the molecule is COc1cccc(CN(C(=O)CN(c2cccc([N+](=O)[O-])c2)S(C)(=O)=O)C(Cc2ccccc2)C(=O)NC(C)(C)C)c1. The van der Waals surface area contributed by atoms with Crippen LogP contribution in [0.3, 0.4) is 0 Å². The van der Waals surface area contributed by atoms with Crippen molar-refractivity contribution < 1.29 is 27.7 Å². The van der Waals surface area contributed by atoms with Gasteiger partial charge in [-0.15, -0.1) is 0 Å². The number of sulfonamides is 1. The maximum atomic E-state index is 14.1. The van der Waals surface area contributed by atoms with E-state index in [1.54, 1.807) is 24.3 Å². The molecule has 2 amide bonds. The lowest BCUT2D eigenvalue weighted by Gasteiger charge is -2.35. The van der Waals surface area contributed by atoms with E-state index in [0.717, 1.165) is 22.2 Å². The Kier molecular flexibility index (Phi) is 10.3. The third kappa shape index (κ3) is 9.03. The monoisotopic (exact) mass is 596 g/mol. The number of nitro benzene ring substituents is 1. The number of hydrogen-bond donors (Lipinski definition) is 1. The number of anilines is 1. The minimum absolute atomic E-state index is 0.0301. The van der Waals surface area contributed by atoms with E-state index >= 15 is 0 Å². The van der Waals surface area contributed by atoms with E-state index in [9.17, 15) is 28.1 Å². The van der Waals surface area contributed by atoms with Crippen LogP contribution in [0.25, 0.3) is 0 Å². The zero-order chi connectivity index (χ0) is 31.1. The largest absolute Gasteiger partial charge is 0.497 e. The summed E-state index contributed by atoms with van der Waals surface area (Å²) in [4.78, 5) is 40.0. The predicted molar refractivity (Wildman–Crippen MR) is 161 cm³/mol. The van der Waals surface area contributed by atoms with Gasteiger partial charge in [0.1, 0.15) is 18.3 Å². The van der Waals surface area contributed by atoms with Gasteiger partial charge in [-0.1, -0.05) is 48.5 Å². The van der Waals surface area contributed by atoms with Gasteiger partial charge >= 0.3 is 0 Å². The predicted octanol–water partition coefficient (Wildman–Crippen LogP) is 3.92. The minimum atomic E-state index is -4.06. The van der Waals surface area contributed by atoms with Gasteiger partial charge in [-0.05, 0) is 50.1 Å². The third-order valence-electron chi connectivity index (χ3n) is 6.26. The lowest BCUT2D eigenvalue weighted by Crippen LogP contribution is -2.56. The molecular formula is C30H36N4O7S. The van der Waals surface area contributed by atoms with Gasteiger partial charge in [-0.2, -0.15) is 0 Å². The third-order valence-corrected chi connectivity index (χ3v) is 7.40. The van der Waals surface area contributed by atoms with Crippen LogP contribution in [0, 0.1) is 10.1 Å². The number of hydrogen-bond acceptors (Lipinski definition) is 7. The average molecular weight is 597 g/mol. The standard InChI is InChI=1S/C30H36N4O7S/c1-30(2,3)31-29(36)27(18-22-11-7-6-8-12-22)32(20-23-13-9-16-26(17-23)41-4)28(35)21-33(42(5,39)40)24-14-10-15-25(19-24)34(37)38/h6-17,19,27H,18,20-21H2,1-5H3,(H,31,36). The second-order valence-corrected chi connectivity index (χ2v) is 12.8. The molecule has 0 aliphatic heterocycles. The van der Waals surface area contributed by atoms with Gasteiger partial charge in [0.25, 0.3) is 5.69 Å². The molecule has 0 saturated carbocycles. The Hall–Kier alpha value is -4.45. The van der Waals surface area contributed by atoms with Crippen LogP contribution in [-0.2, 0) is 32.6 Å². The van der Waals surface area contributed by atoms with Crippen molar-refractivity contribution >= 4 is 33.2 Å². The van der Waals surface area contributed by atoms with Gasteiger partial charge in [0.15, 0.2) is 0 Å². The van der Waals surface area contributed by atoms with E-state index in [2.05, 4.69) is 5.32 Å². The van der Waals surface area contributed by atoms with Gasteiger partial charge in [0.2, 0.25) is 21.8 Å². The number of nitrogens with one attached hydrogen (secondary N) is 1. The Morgan fingerprint density at radius 2 is 1.62 bits per heavy atom. The van der Waals surface area contributed by atoms with Crippen molar-refractivity contribution in [1.82, 2.24) is 10.2 Å². The molecule has 0 spiro atoms. The zero-order valence-electron chi connectivity index (χ0n) is 24.3. The Morgan fingerprint density at radius 3 is 2.21 bits per heavy atom. The van der Waals surface area contributed by atoms with E-state index in [1.807, 2.05) is 51.1 Å². The van der Waals surface area contributed by atoms with Gasteiger partial charge in [0.05, 0.1) is 24.0 Å². The van der Waals surface area contributed by atoms with Crippen molar-refractivity contribution in [3.8, 4) is 5.75 Å². The maximum Gasteiger partial charge on any atom is 0.271 e. The van der Waals surface area contributed by atoms with Crippen LogP contribution in [0.2, 0.25) is 0 Å². The van der Waals surface area contributed by atoms with E-state index in [-0.39, 0.29) is 24.3 Å². The highest BCUT2D eigenvalue weighted by molar-refractivity contribution is 7.92. The zero-order valence-corrected chi connectivity index (χ0v) is 25.1. The second kappa shape index (κ2) is 13.5. The second-order valence-electron chi connectivity index (χ2n) is 10.9. The lowest BCUT2D eigenvalue weighted by molar-refractivity contribution is -0.384. The highest BCUT2D eigenvalue weighted by Gasteiger charge is 2.34. The van der Waals surface area contributed by atoms with Crippen LogP contribution in [0.5, 0.6) is 5.75 Å². The summed E-state index contributed by atoms with van der Waals surface area (Å²) in [5.74, 6) is -0.531. The van der Waals surface area contributed by atoms with E-state index in [4.69, 9.17) is 4.74 Å². The summed E-state index contributed by atoms with van der Waals surface area (Å²) in [6.45, 7) is 4.76. The quantitative estimate of drug-likeness (QED) is 0.247. The number of nitro groups is 1. The lowest BCUT2D eigenvalue weighted by atomic mass is 10.0. The molecule has 0 saturated heterocycles. The molecule has 0 heterocycles. The van der Waals surface area contributed by atoms with Crippen molar-refractivity contribution in [2.45, 2.75) is 45.3 Å². The molecular weight excluding hydrogens is 560 g/mol. The van der Waals surface area contributed by atoms with Crippen molar-refractivity contribution in [2.75, 3.05) is 24.2 Å². The molecule has 0 radical (unpaired) electrons. The van der Waals surface area contributed by atoms with Gasteiger partial charge in [-0.25, -0.2) is 8.42 Å². The first kappa shape index (κ1) is 32.1. The van der Waals surface area contributed by atoms with Crippen molar-refractivity contribution in [2.24, 2.45) is 0 Å². The number of carbonyl (C=O) groups excluding carboxylic acids is 2. The molecule has 3 aromatic rings. The number of amides is 2. The maximum absolute atomic E-state index is 14.1. The van der Waals surface area contributed by atoms with Crippen LogP contribution >= 0.6 is 0 Å². The molecule has 42 heavy (non-hydrogen) atoms. The molecule has 12 heteroatoms. The van der Waals surface area contributed by atoms with Crippen LogP contribution in [0.15, 0.2) is 78.9 Å². The fraction of sp³-hybridized carbons (Fsp3) is 0.333. The number of non-ortho nitro benzene ring substituents is 1. The number of rotatable bonds is 12. The summed E-state index contributed by atoms with van der Waals surface area (Å²) in [5.41, 5.74) is 0.478. The summed E-state index contributed by atoms with van der Waals surface area (Å²) in [7, 11) is -2.55. The molecule has 0 fully saturated rings. The molecule has 224 valence electrons. The number of methoxy groups -OCH3 is 1. The van der Waals surface area contributed by atoms with Gasteiger partial charge < -0.3 is 15.0 Å². The molecule has 3 rings (SSSR count). The van der Waals surface area contributed by atoms with Gasteiger partial charge in [-0.3, -0.25) is 24.0 Å². The first-order chi connectivity index (χ1) is 19.7. The first-order valence-electron chi connectivity index (χ1n) is 13.2. The van der Waals surface area contributed by atoms with Crippen molar-refractivity contribution in [3.05, 3.63) is 100 Å². The number of benzene rings is 3. The summed E-state index contributed by atoms with van der Waals surface area (Å²) in [5, 5.41) is 14.3. The Labute approximate surface area is 246 Å². The molecule has 3 aromatic carbocycles. The smallest absolute Gasteiger partial charge is 0.271 e. The molecule has 0 aliphatic carbocycles. The topological polar surface area (TPSA) is 139 Å². The van der Waals surface area contributed by atoms with Crippen molar-refractivity contribution in [3.63, 3.8) is 0 Å². The molecule has 1 N–H and O–H groups in total. The highest BCUT2D eigenvalue weighted by Crippen LogP contribution is 2.25. The Balaban J connectivity index is 2.11. The molecule has 0 bridgehead atoms. The van der Waals surface area contributed by atoms with Crippen LogP contribution in [0.1, 0.15) is 31.9 Å². The molecule has 0 aliphatic rings. The van der Waals surface area contributed by atoms with Crippen molar-refractivity contribution in [1.29, 1.82) is 0 Å². The summed E-state index contributed by atoms with van der Waals surface area (Å²) in [6, 6.07) is 20.2. The Bertz CT molecular complexity index is 1520. The normalized spacial score (nSPS) is 12.2. The van der Waals surface area contributed by atoms with E-state index < -0.39 is 44.9 Å². The van der Waals surface area contributed by atoms with E-state index in [1.165, 1.54) is 30.2 Å². The van der Waals surface area contributed by atoms with Gasteiger partial charge in [0, 0.05) is 30.6 Å². The fourth-order valence-electron chi connectivity index (χ4n) is 4.35. The molecule has 11 nitrogen and oxygen atoms in total. The van der Waals surface area contributed by atoms with Crippen LogP contribution in [-0.4, -0.2) is 61.5 Å². The first-order valence-corrected chi connectivity index (χ1v) is 15.0. The molecule has 1 atom stereocenters. The van der Waals surface area contributed by atoms with Crippen LogP contribution in [0.4, 0.5) is 11.4 Å². The average Bonchev–Trinajstić information content (AvgIpc) is 2.92. The fourth-order valence-corrected chi connectivity index (χ4v) is 5.19. The summed E-state index contributed by atoms with van der Waals surface area (Å²) >= 11 is 0. The summed E-state index contributed by atoms with van der Waals surface area (Å²) in [6.07, 6.45) is 1.08. The summed E-state index contributed by atoms with van der Waals surface area (Å²) < 4.78 is 31.9. The van der Waals surface area contributed by atoms with E-state index in [0.29, 0.717) is 11.3 Å².